The van der Waals surface area contributed by atoms with Gasteiger partial charge in [-0.1, -0.05) is 12.8 Å². The summed E-state index contributed by atoms with van der Waals surface area (Å²) in [6, 6.07) is 0. The summed E-state index contributed by atoms with van der Waals surface area (Å²) in [6.45, 7) is 0.0369. The number of nitrogens with zero attached hydrogens (tertiary/aromatic N) is 4. The van der Waals surface area contributed by atoms with Crippen molar-refractivity contribution in [2.24, 2.45) is 5.92 Å². The molecule has 0 spiro atoms. The first-order chi connectivity index (χ1) is 17.1. The third kappa shape index (κ3) is 6.09. The standard InChI is InChI=1S/C19H29ClFN5O8P2/c1-31-36(30,32-2)10-35(28,29)33-8-12-15(27)13(21)18(34-12)26-9-23-14-16(24-19(20)25-17(14)26)22-7-11-5-3-4-6-11/h9,11-13,15,18,27H,3-8,10H2,1-2H3,(H,28,29)(H,22,24,25)/t12-,13+,15-,18-/m1/s1. The van der Waals surface area contributed by atoms with Crippen molar-refractivity contribution >= 4 is 43.8 Å². The molecule has 3 N–H and O–H groups in total. The fraction of sp³-hybridized carbons (Fsp3) is 0.737. The lowest BCUT2D eigenvalue weighted by molar-refractivity contribution is -0.0425. The van der Waals surface area contributed by atoms with Crippen molar-refractivity contribution in [1.82, 2.24) is 19.5 Å². The molecule has 5 atom stereocenters. The Labute approximate surface area is 211 Å². The highest BCUT2D eigenvalue weighted by Crippen LogP contribution is 2.60. The molecule has 1 saturated heterocycles. The van der Waals surface area contributed by atoms with Crippen molar-refractivity contribution in [3.63, 3.8) is 0 Å². The smallest absolute Gasteiger partial charge is 0.342 e. The second-order valence-electron chi connectivity index (χ2n) is 8.75. The minimum Gasteiger partial charge on any atom is -0.387 e. The SMILES string of the molecule is COP(=O)(CP(=O)(O)OC[C@H]1O[C@@H](n2cnc3c(NCC4CCCC4)nc(Cl)nc32)[C@@H](F)[C@@H]1O)OC. The van der Waals surface area contributed by atoms with Crippen molar-refractivity contribution in [1.29, 1.82) is 0 Å². The van der Waals surface area contributed by atoms with Crippen LogP contribution in [-0.4, -0.2) is 81.2 Å². The van der Waals surface area contributed by atoms with E-state index < -0.39 is 52.3 Å². The molecule has 1 aliphatic carbocycles. The minimum atomic E-state index is -4.49. The maximum atomic E-state index is 15.1. The molecule has 1 unspecified atom stereocenters. The molecule has 2 aromatic rings. The molecule has 1 aliphatic heterocycles. The highest BCUT2D eigenvalue weighted by molar-refractivity contribution is 7.70. The number of nitrogens with one attached hydrogen (secondary N) is 1. The van der Waals surface area contributed by atoms with Crippen LogP contribution in [0.3, 0.4) is 0 Å². The summed E-state index contributed by atoms with van der Waals surface area (Å²) in [5.74, 6) is 0.00651. The number of hydrogen-bond donors (Lipinski definition) is 3. The van der Waals surface area contributed by atoms with Crippen LogP contribution in [-0.2, 0) is 27.4 Å². The topological polar surface area (TPSA) is 167 Å². The van der Waals surface area contributed by atoms with Gasteiger partial charge in [-0.3, -0.25) is 13.7 Å². The first kappa shape index (κ1) is 27.8. The molecule has 1 saturated carbocycles. The Morgan fingerprint density at radius 1 is 1.28 bits per heavy atom. The van der Waals surface area contributed by atoms with Crippen LogP contribution in [0.2, 0.25) is 5.28 Å². The number of aliphatic hydroxyl groups is 1. The number of hydrogen-bond acceptors (Lipinski definition) is 11. The molecule has 2 fully saturated rings. The molecule has 2 aromatic heterocycles. The zero-order chi connectivity index (χ0) is 26.1. The molecular weight excluding hydrogens is 543 g/mol. The monoisotopic (exact) mass is 571 g/mol. The van der Waals surface area contributed by atoms with Crippen LogP contribution >= 0.6 is 26.8 Å². The van der Waals surface area contributed by atoms with Gasteiger partial charge in [-0.2, -0.15) is 9.97 Å². The summed E-state index contributed by atoms with van der Waals surface area (Å²) in [6.07, 6.45) is -0.390. The number of rotatable bonds is 11. The molecule has 0 aromatic carbocycles. The fourth-order valence-corrected chi connectivity index (χ4v) is 8.05. The number of alkyl halides is 1. The summed E-state index contributed by atoms with van der Waals surface area (Å²) in [5, 5.41) is 13.6. The van der Waals surface area contributed by atoms with Crippen LogP contribution in [0.4, 0.5) is 10.2 Å². The van der Waals surface area contributed by atoms with E-state index in [4.69, 9.17) is 20.9 Å². The lowest BCUT2D eigenvalue weighted by Crippen LogP contribution is -2.31. The molecule has 17 heteroatoms. The van der Waals surface area contributed by atoms with Crippen molar-refractivity contribution in [3.05, 3.63) is 11.6 Å². The number of anilines is 1. The number of imidazole rings is 1. The van der Waals surface area contributed by atoms with Crippen LogP contribution in [0.5, 0.6) is 0 Å². The third-order valence-corrected chi connectivity index (χ3v) is 11.0. The average molecular weight is 572 g/mol. The van der Waals surface area contributed by atoms with E-state index >= 15 is 4.39 Å². The van der Waals surface area contributed by atoms with Crippen LogP contribution in [0.25, 0.3) is 11.2 Å². The molecule has 0 amide bonds. The van der Waals surface area contributed by atoms with Crippen molar-refractivity contribution < 1.29 is 41.8 Å². The predicted octanol–water partition coefficient (Wildman–Crippen LogP) is 3.32. The van der Waals surface area contributed by atoms with Crippen molar-refractivity contribution in [2.45, 2.75) is 50.3 Å². The molecule has 13 nitrogen and oxygen atoms in total. The van der Waals surface area contributed by atoms with Gasteiger partial charge < -0.3 is 33.6 Å². The Morgan fingerprint density at radius 3 is 2.64 bits per heavy atom. The van der Waals surface area contributed by atoms with Gasteiger partial charge in [-0.05, 0) is 30.4 Å². The van der Waals surface area contributed by atoms with Gasteiger partial charge in [0.15, 0.2) is 35.3 Å². The van der Waals surface area contributed by atoms with E-state index in [1.165, 1.54) is 23.7 Å². The molecule has 2 aliphatic rings. The highest BCUT2D eigenvalue weighted by atomic mass is 35.5. The first-order valence-corrected chi connectivity index (χ1v) is 15.2. The Morgan fingerprint density at radius 2 is 1.97 bits per heavy atom. The largest absolute Gasteiger partial charge is 0.387 e. The Bertz CT molecular complexity index is 1160. The Hall–Kier alpha value is -1.21. The third-order valence-electron chi connectivity index (χ3n) is 6.34. The van der Waals surface area contributed by atoms with Crippen LogP contribution in [0.15, 0.2) is 6.33 Å². The number of halogens is 2. The number of fused-ring (bicyclic) bond motifs is 1. The van der Waals surface area contributed by atoms with Gasteiger partial charge in [0.1, 0.15) is 12.2 Å². The molecular formula is C19H29ClFN5O8P2. The number of ether oxygens (including phenoxy) is 1. The summed E-state index contributed by atoms with van der Waals surface area (Å²) in [4.78, 5) is 22.7. The second-order valence-corrected chi connectivity index (χ2v) is 13.7. The lowest BCUT2D eigenvalue weighted by Gasteiger charge is -2.20. The highest BCUT2D eigenvalue weighted by Gasteiger charge is 2.47. The summed E-state index contributed by atoms with van der Waals surface area (Å²) in [7, 11) is -6.21. The van der Waals surface area contributed by atoms with E-state index in [9.17, 15) is 19.1 Å². The fourth-order valence-electron chi connectivity index (χ4n) is 4.36. The van der Waals surface area contributed by atoms with Crippen molar-refractivity contribution in [3.8, 4) is 0 Å². The molecule has 36 heavy (non-hydrogen) atoms. The molecule has 0 radical (unpaired) electrons. The van der Waals surface area contributed by atoms with Gasteiger partial charge in [-0.25, -0.2) is 9.37 Å². The zero-order valence-corrected chi connectivity index (χ0v) is 22.2. The minimum absolute atomic E-state index is 0.0751. The number of aromatic nitrogens is 4. The van der Waals surface area contributed by atoms with Gasteiger partial charge in [0.2, 0.25) is 5.28 Å². The normalized spacial score (nSPS) is 27.1. The summed E-state index contributed by atoms with van der Waals surface area (Å²) in [5.41, 5.74) is 0.552. The van der Waals surface area contributed by atoms with Gasteiger partial charge in [0, 0.05) is 20.8 Å². The van der Waals surface area contributed by atoms with Crippen molar-refractivity contribution in [2.75, 3.05) is 38.6 Å². The molecule has 0 bridgehead atoms. The van der Waals surface area contributed by atoms with Gasteiger partial charge >= 0.3 is 15.2 Å². The Kier molecular flexibility index (Phi) is 8.70. The van der Waals surface area contributed by atoms with E-state index in [-0.39, 0.29) is 10.9 Å². The summed E-state index contributed by atoms with van der Waals surface area (Å²) >= 11 is 6.12. The number of aliphatic hydroxyl groups excluding tert-OH is 1. The maximum absolute atomic E-state index is 15.1. The van der Waals surface area contributed by atoms with Gasteiger partial charge in [0.25, 0.3) is 0 Å². The van der Waals surface area contributed by atoms with Crippen LogP contribution < -0.4 is 5.32 Å². The van der Waals surface area contributed by atoms with E-state index in [0.717, 1.165) is 27.1 Å². The first-order valence-electron chi connectivity index (χ1n) is 11.3. The lowest BCUT2D eigenvalue weighted by atomic mass is 10.1. The predicted molar refractivity (Wildman–Crippen MR) is 128 cm³/mol. The summed E-state index contributed by atoms with van der Waals surface area (Å²) < 4.78 is 60.7. The van der Waals surface area contributed by atoms with E-state index in [0.29, 0.717) is 23.8 Å². The van der Waals surface area contributed by atoms with Crippen LogP contribution in [0, 0.1) is 5.92 Å². The molecule has 3 heterocycles. The quantitative estimate of drug-likeness (QED) is 0.266. The van der Waals surface area contributed by atoms with Crippen LogP contribution in [0.1, 0.15) is 31.9 Å². The van der Waals surface area contributed by atoms with E-state index in [1.54, 1.807) is 0 Å². The zero-order valence-electron chi connectivity index (χ0n) is 19.7. The van der Waals surface area contributed by atoms with Gasteiger partial charge in [0.05, 0.1) is 12.9 Å². The maximum Gasteiger partial charge on any atom is 0.342 e. The Balaban J connectivity index is 1.48. The van der Waals surface area contributed by atoms with E-state index in [1.807, 2.05) is 0 Å². The molecule has 202 valence electrons. The van der Waals surface area contributed by atoms with E-state index in [2.05, 4.69) is 29.3 Å². The average Bonchev–Trinajstić information content (AvgIpc) is 3.57. The second kappa shape index (κ2) is 11.3. The van der Waals surface area contributed by atoms with Gasteiger partial charge in [-0.15, -0.1) is 0 Å². The molecule has 4 rings (SSSR count).